The number of carboxylic acids is 1. The molecule has 3 aliphatic carbocycles. The highest BCUT2D eigenvalue weighted by Gasteiger charge is 2.47. The lowest BCUT2D eigenvalue weighted by molar-refractivity contribution is -0.438. The fourth-order valence-electron chi connectivity index (χ4n) is 13.0. The van der Waals surface area contributed by atoms with Gasteiger partial charge in [-0.25, -0.2) is 4.79 Å². The van der Waals surface area contributed by atoms with Gasteiger partial charge in [-0.2, -0.15) is 4.58 Å². The summed E-state index contributed by atoms with van der Waals surface area (Å²) in [5, 5.41) is 21.7. The average Bonchev–Trinajstić information content (AvgIpc) is 4.22. The molecule has 1 aliphatic heterocycles. The third kappa shape index (κ3) is 8.00. The molecule has 4 aliphatic rings. The predicted molar refractivity (Wildman–Crippen MR) is 316 cm³/mol. The van der Waals surface area contributed by atoms with Crippen LogP contribution in [0.5, 0.6) is 0 Å². The van der Waals surface area contributed by atoms with E-state index in [4.69, 9.17) is 0 Å². The quantitative estimate of drug-likeness (QED) is 0.0607. The second-order valence-corrected chi connectivity index (χ2v) is 24.2. The Hall–Kier alpha value is -7.81. The number of aliphatic hydroxyl groups excluding tert-OH is 1. The first-order chi connectivity index (χ1) is 37.0. The zero-order chi connectivity index (χ0) is 53.7. The largest absolute Gasteiger partial charge is 0.506 e. The summed E-state index contributed by atoms with van der Waals surface area (Å²) >= 11 is 1.70. The van der Waals surface area contributed by atoms with Crippen molar-refractivity contribution >= 4 is 57.1 Å². The highest BCUT2D eigenvalue weighted by molar-refractivity contribution is 7.18. The van der Waals surface area contributed by atoms with Gasteiger partial charge in [0.1, 0.15) is 12.3 Å². The molecular weight excluding hydrogens is 967 g/mol. The van der Waals surface area contributed by atoms with E-state index in [1.807, 2.05) is 35.9 Å². The summed E-state index contributed by atoms with van der Waals surface area (Å²) < 4.78 is 4.23. The molecule has 3 heterocycles. The summed E-state index contributed by atoms with van der Waals surface area (Å²) in [6, 6.07) is 54.1. The zero-order valence-electron chi connectivity index (χ0n) is 45.4. The summed E-state index contributed by atoms with van der Waals surface area (Å²) in [6.07, 6.45) is 8.67. The van der Waals surface area contributed by atoms with Crippen LogP contribution in [0.3, 0.4) is 0 Å². The molecule has 0 fully saturated rings. The molecule has 0 saturated carbocycles. The van der Waals surface area contributed by atoms with Crippen molar-refractivity contribution in [1.82, 2.24) is 4.57 Å². The van der Waals surface area contributed by atoms with Gasteiger partial charge in [-0.1, -0.05) is 133 Å². The molecule has 0 amide bonds. The number of aromatic nitrogens is 1. The van der Waals surface area contributed by atoms with Gasteiger partial charge in [0.15, 0.2) is 5.71 Å². The van der Waals surface area contributed by atoms with Crippen molar-refractivity contribution in [2.24, 2.45) is 7.05 Å². The lowest BCUT2D eigenvalue weighted by Crippen LogP contribution is -2.31. The SMILES string of the molecule is CCCCCCCC[N+]1=C(/C=C2/C(=O)C(c3ccc(-c4ccc(-c5ccc(N(c6ccc7c(c6)C(C)(C)c6ccccc6-7)c6ccc7c(c6)C(C)(C)c6ccccc6-7)cc5)s4)n3C)=C2O)C(C)(C)c2cc(C(=O)O)ccc21. The number of rotatable bonds is 15. The van der Waals surface area contributed by atoms with Crippen molar-refractivity contribution in [3.63, 3.8) is 0 Å². The molecule has 7 nitrogen and oxygen atoms in total. The summed E-state index contributed by atoms with van der Waals surface area (Å²) in [4.78, 5) is 30.9. The molecule has 6 aromatic carbocycles. The number of carbonyl (C=O) groups excluding carboxylic acids is 1. The first kappa shape index (κ1) is 50.0. The van der Waals surface area contributed by atoms with E-state index in [-0.39, 0.29) is 33.5 Å². The van der Waals surface area contributed by atoms with Crippen LogP contribution in [0.15, 0.2) is 169 Å². The van der Waals surface area contributed by atoms with Crippen molar-refractivity contribution in [1.29, 1.82) is 0 Å². The van der Waals surface area contributed by atoms with Crippen LogP contribution in [0, 0.1) is 0 Å². The zero-order valence-corrected chi connectivity index (χ0v) is 46.2. The Morgan fingerprint density at radius 1 is 0.597 bits per heavy atom. The van der Waals surface area contributed by atoms with Crippen molar-refractivity contribution in [3.8, 4) is 43.3 Å². The van der Waals surface area contributed by atoms with Crippen molar-refractivity contribution < 1.29 is 24.4 Å². The molecule has 2 aromatic heterocycles. The van der Waals surface area contributed by atoms with Gasteiger partial charge in [-0.15, -0.1) is 11.3 Å². The summed E-state index contributed by atoms with van der Waals surface area (Å²) in [7, 11) is 1.95. The average molecular weight is 1030 g/mol. The van der Waals surface area contributed by atoms with Crippen LogP contribution in [0.25, 0.3) is 48.8 Å². The Balaban J connectivity index is 0.841. The third-order valence-corrected chi connectivity index (χ3v) is 18.6. The highest BCUT2D eigenvalue weighted by Crippen LogP contribution is 2.54. The van der Waals surface area contributed by atoms with Crippen molar-refractivity contribution in [2.45, 2.75) is 103 Å². The highest BCUT2D eigenvalue weighted by atomic mass is 32.1. The number of unbranched alkanes of at least 4 members (excludes halogenated alkanes) is 5. The number of anilines is 3. The Morgan fingerprint density at radius 2 is 1.16 bits per heavy atom. The number of thiophene rings is 1. The second kappa shape index (κ2) is 18.7. The van der Waals surface area contributed by atoms with Gasteiger partial charge >= 0.3 is 5.97 Å². The summed E-state index contributed by atoms with van der Waals surface area (Å²) in [5.74, 6) is -1.19. The molecule has 77 heavy (non-hydrogen) atoms. The Morgan fingerprint density at radius 3 is 1.77 bits per heavy atom. The molecule has 2 N–H and O–H groups in total. The number of ketones is 1. The Labute approximate surface area is 456 Å². The molecule has 12 rings (SSSR count). The third-order valence-electron chi connectivity index (χ3n) is 17.4. The second-order valence-electron chi connectivity index (χ2n) is 23.1. The van der Waals surface area contributed by atoms with Gasteiger partial charge < -0.3 is 19.7 Å². The molecule has 0 unspecified atom stereocenters. The number of nitrogens with zero attached hydrogens (tertiary/aromatic N) is 3. The van der Waals surface area contributed by atoms with Crippen molar-refractivity contribution in [2.75, 3.05) is 11.4 Å². The summed E-state index contributed by atoms with van der Waals surface area (Å²) in [5.41, 5.74) is 19.3. The fourth-order valence-corrected chi connectivity index (χ4v) is 14.1. The summed E-state index contributed by atoms with van der Waals surface area (Å²) in [6.45, 7) is 16.5. The minimum Gasteiger partial charge on any atom is -0.506 e. The molecule has 8 heteroatoms. The van der Waals surface area contributed by atoms with Crippen LogP contribution in [0.1, 0.15) is 131 Å². The number of Topliss-reactive ketones (excluding diaryl/α,β-unsaturated/α-hetero) is 1. The monoisotopic (exact) mass is 1030 g/mol. The molecule has 0 atom stereocenters. The minimum absolute atomic E-state index is 0.0175. The number of carbonyl (C=O) groups is 2. The molecule has 0 saturated heterocycles. The maximum atomic E-state index is 14.2. The molecule has 0 spiro atoms. The van der Waals surface area contributed by atoms with Crippen LogP contribution in [0.4, 0.5) is 22.7 Å². The smallest absolute Gasteiger partial charge is 0.335 e. The van der Waals surface area contributed by atoms with Gasteiger partial charge in [0.25, 0.3) is 0 Å². The maximum Gasteiger partial charge on any atom is 0.335 e. The number of hydrogen-bond donors (Lipinski definition) is 2. The number of aliphatic hydroxyl groups is 1. The fraction of sp³-hybridized carbons (Fsp3) is 0.261. The number of carboxylic acid groups (broad SMARTS) is 1. The van der Waals surface area contributed by atoms with E-state index < -0.39 is 11.4 Å². The van der Waals surface area contributed by atoms with Crippen LogP contribution in [-0.2, 0) is 28.1 Å². The van der Waals surface area contributed by atoms with E-state index in [1.165, 1.54) is 63.8 Å². The number of benzene rings is 6. The first-order valence-corrected chi connectivity index (χ1v) is 28.2. The lowest BCUT2D eigenvalue weighted by atomic mass is 9.78. The van der Waals surface area contributed by atoms with Gasteiger partial charge in [0, 0.05) is 63.9 Å². The van der Waals surface area contributed by atoms with Gasteiger partial charge in [-0.05, 0) is 143 Å². The maximum absolute atomic E-state index is 14.2. The van der Waals surface area contributed by atoms with Crippen LogP contribution < -0.4 is 4.90 Å². The lowest BCUT2D eigenvalue weighted by Gasteiger charge is -2.30. The van der Waals surface area contributed by atoms with Gasteiger partial charge in [0.2, 0.25) is 11.5 Å². The van der Waals surface area contributed by atoms with Crippen LogP contribution in [0.2, 0.25) is 0 Å². The molecule has 0 radical (unpaired) electrons. The van der Waals surface area contributed by atoms with Crippen LogP contribution in [-0.4, -0.2) is 43.4 Å². The topological polar surface area (TPSA) is 85.8 Å². The van der Waals surface area contributed by atoms with E-state index in [0.29, 0.717) is 11.3 Å². The number of aromatic carboxylic acids is 1. The number of allylic oxidation sites excluding steroid dienone is 3. The molecule has 8 aromatic rings. The Bertz CT molecular complexity index is 3750. The Kier molecular flexibility index (Phi) is 12.2. The molecular formula is C69H66N3O4S+. The first-order valence-electron chi connectivity index (χ1n) is 27.4. The normalized spacial score (nSPS) is 16.6. The van der Waals surface area contributed by atoms with Gasteiger partial charge in [0.05, 0.1) is 38.4 Å². The van der Waals surface area contributed by atoms with E-state index >= 15 is 0 Å². The molecule has 0 bridgehead atoms. The standard InChI is InChI=1S/C69H65N3O4S/c1-9-10-11-12-13-18-37-71-57-32-25-43(66(75)76)38-56(57)69(6,7)62(71)41-51-64(73)63(65(51)74)59-34-33-58(70(59)8)61-36-35-60(77-61)42-23-26-44(27-24-42)72(45-28-30-49-47-19-14-16-21-52(47)67(2,3)54(49)39-45)46-29-31-50-48-20-15-17-22-53(48)68(4,5)55(50)40-46/h14-17,19-36,38-41H,9-13,18,37H2,1-8H3,(H-,73,74,75,76)/p+1. The van der Waals surface area contributed by atoms with Crippen molar-refractivity contribution in [3.05, 3.63) is 208 Å². The van der Waals surface area contributed by atoms with Crippen LogP contribution >= 0.6 is 11.3 Å². The van der Waals surface area contributed by atoms with E-state index in [9.17, 15) is 19.8 Å². The number of hydrogen-bond acceptors (Lipinski definition) is 5. The van der Waals surface area contributed by atoms with E-state index in [1.54, 1.807) is 23.5 Å². The predicted octanol–water partition coefficient (Wildman–Crippen LogP) is 17.4. The van der Waals surface area contributed by atoms with Gasteiger partial charge in [-0.3, -0.25) is 4.79 Å². The minimum atomic E-state index is -0.973. The molecule has 386 valence electrons. The number of fused-ring (bicyclic) bond motifs is 7. The van der Waals surface area contributed by atoms with E-state index in [0.717, 1.165) is 80.8 Å². The van der Waals surface area contributed by atoms with E-state index in [2.05, 4.69) is 179 Å².